The zero-order valence-electron chi connectivity index (χ0n) is 10.6. The molecule has 0 radical (unpaired) electrons. The van der Waals surface area contributed by atoms with Crippen LogP contribution in [0.1, 0.15) is 5.56 Å². The van der Waals surface area contributed by atoms with Crippen LogP contribution in [0.2, 0.25) is 0 Å². The van der Waals surface area contributed by atoms with Gasteiger partial charge in [-0.25, -0.2) is 8.78 Å². The first-order chi connectivity index (χ1) is 9.75. The normalized spacial score (nSPS) is 17.1. The molecular formula is C12H8BrF4N3O. The van der Waals surface area contributed by atoms with Crippen molar-refractivity contribution in [2.24, 2.45) is 7.05 Å². The molecular weight excluding hydrogens is 358 g/mol. The highest BCUT2D eigenvalue weighted by Gasteiger charge is 2.51. The number of nitrogens with zero attached hydrogens (tertiary/aromatic N) is 3. The Bertz CT molecular complexity index is 759. The second-order valence-corrected chi connectivity index (χ2v) is 5.50. The molecule has 0 N–H and O–H groups in total. The Kier molecular flexibility index (Phi) is 3.01. The summed E-state index contributed by atoms with van der Waals surface area (Å²) in [7, 11) is 1.49. The SMILES string of the molecule is Cn1nc2c3c(ccc(Br)c31)C(F)(F)C(=O)N2CC(F)F. The zero-order chi connectivity index (χ0) is 15.5. The van der Waals surface area contributed by atoms with Crippen LogP contribution in [0.25, 0.3) is 10.9 Å². The number of hydrogen-bond donors (Lipinski definition) is 0. The molecule has 1 aliphatic rings. The summed E-state index contributed by atoms with van der Waals surface area (Å²) in [6.45, 7) is -1.12. The van der Waals surface area contributed by atoms with E-state index in [9.17, 15) is 22.4 Å². The molecule has 0 unspecified atom stereocenters. The van der Waals surface area contributed by atoms with Gasteiger partial charge in [-0.05, 0) is 22.0 Å². The molecule has 112 valence electrons. The van der Waals surface area contributed by atoms with Crippen LogP contribution in [0.3, 0.4) is 0 Å². The van der Waals surface area contributed by atoms with Crippen LogP contribution in [0.5, 0.6) is 0 Å². The van der Waals surface area contributed by atoms with Gasteiger partial charge in [0.2, 0.25) is 0 Å². The van der Waals surface area contributed by atoms with Gasteiger partial charge in [-0.1, -0.05) is 6.07 Å². The fourth-order valence-electron chi connectivity index (χ4n) is 2.49. The summed E-state index contributed by atoms with van der Waals surface area (Å²) in [6, 6.07) is 2.49. The number of carbonyl (C=O) groups is 1. The van der Waals surface area contributed by atoms with E-state index in [2.05, 4.69) is 21.0 Å². The number of aryl methyl sites for hydroxylation is 1. The molecule has 0 spiro atoms. The van der Waals surface area contributed by atoms with Crippen LogP contribution in [-0.4, -0.2) is 28.7 Å². The molecule has 0 saturated carbocycles. The smallest absolute Gasteiger partial charge is 0.283 e. The number of aromatic nitrogens is 2. The maximum absolute atomic E-state index is 14.2. The third kappa shape index (κ3) is 1.86. The van der Waals surface area contributed by atoms with Crippen molar-refractivity contribution in [2.75, 3.05) is 11.4 Å². The van der Waals surface area contributed by atoms with E-state index in [0.29, 0.717) is 14.9 Å². The van der Waals surface area contributed by atoms with E-state index in [1.54, 1.807) is 0 Å². The average molecular weight is 366 g/mol. The van der Waals surface area contributed by atoms with Crippen LogP contribution in [-0.2, 0) is 17.8 Å². The molecule has 1 aromatic heterocycles. The molecule has 0 atom stereocenters. The Hall–Kier alpha value is -1.64. The van der Waals surface area contributed by atoms with E-state index in [1.807, 2.05) is 0 Å². The number of amides is 1. The highest BCUT2D eigenvalue weighted by Crippen LogP contribution is 2.46. The van der Waals surface area contributed by atoms with E-state index in [4.69, 9.17) is 0 Å². The lowest BCUT2D eigenvalue weighted by Gasteiger charge is -2.30. The van der Waals surface area contributed by atoms with Crippen molar-refractivity contribution in [2.45, 2.75) is 12.3 Å². The van der Waals surface area contributed by atoms with Crippen LogP contribution < -0.4 is 4.90 Å². The topological polar surface area (TPSA) is 38.1 Å². The largest absolute Gasteiger partial charge is 0.351 e. The summed E-state index contributed by atoms with van der Waals surface area (Å²) in [5, 5.41) is 3.97. The number of anilines is 1. The van der Waals surface area contributed by atoms with Crippen molar-refractivity contribution in [1.82, 2.24) is 9.78 Å². The Morgan fingerprint density at radius 2 is 2.05 bits per heavy atom. The molecule has 1 amide bonds. The molecule has 3 rings (SSSR count). The molecule has 0 saturated heterocycles. The van der Waals surface area contributed by atoms with Crippen molar-refractivity contribution in [3.8, 4) is 0 Å². The molecule has 1 aromatic carbocycles. The molecule has 21 heavy (non-hydrogen) atoms. The molecule has 0 aliphatic carbocycles. The lowest BCUT2D eigenvalue weighted by Crippen LogP contribution is -2.47. The first-order valence-corrected chi connectivity index (χ1v) is 6.68. The van der Waals surface area contributed by atoms with E-state index < -0.39 is 30.4 Å². The van der Waals surface area contributed by atoms with E-state index in [-0.39, 0.29) is 11.2 Å². The van der Waals surface area contributed by atoms with E-state index >= 15 is 0 Å². The van der Waals surface area contributed by atoms with E-state index in [0.717, 1.165) is 6.07 Å². The molecule has 0 fully saturated rings. The molecule has 4 nitrogen and oxygen atoms in total. The first kappa shape index (κ1) is 14.3. The number of hydrogen-bond acceptors (Lipinski definition) is 2. The minimum atomic E-state index is -3.86. The lowest BCUT2D eigenvalue weighted by atomic mass is 9.98. The second kappa shape index (κ2) is 4.43. The van der Waals surface area contributed by atoms with Gasteiger partial charge in [0, 0.05) is 17.1 Å². The fourth-order valence-corrected chi connectivity index (χ4v) is 3.08. The number of benzene rings is 1. The molecule has 0 bridgehead atoms. The predicted octanol–water partition coefficient (Wildman–Crippen LogP) is 3.04. The fraction of sp³-hybridized carbons (Fsp3) is 0.333. The van der Waals surface area contributed by atoms with Crippen LogP contribution in [0.15, 0.2) is 16.6 Å². The standard InChI is InChI=1S/C12H8BrF4N3O/c1-19-9-6(13)3-2-5-8(9)10(18-19)20(4-7(14)15)11(21)12(5,16)17/h2-3,7H,4H2,1H3. The minimum Gasteiger partial charge on any atom is -0.283 e. The minimum absolute atomic E-state index is 0.0112. The van der Waals surface area contributed by atoms with Crippen molar-refractivity contribution >= 4 is 38.6 Å². The Labute approximate surface area is 124 Å². The predicted molar refractivity (Wildman–Crippen MR) is 70.7 cm³/mol. The van der Waals surface area contributed by atoms with Gasteiger partial charge >= 0.3 is 11.8 Å². The quantitative estimate of drug-likeness (QED) is 0.767. The van der Waals surface area contributed by atoms with Crippen LogP contribution in [0, 0.1) is 0 Å². The van der Waals surface area contributed by atoms with Gasteiger partial charge in [0.05, 0.1) is 17.4 Å². The third-order valence-electron chi connectivity index (χ3n) is 3.35. The van der Waals surface area contributed by atoms with Crippen LogP contribution in [0.4, 0.5) is 23.4 Å². The molecule has 2 aromatic rings. The maximum Gasteiger partial charge on any atom is 0.351 e. The highest BCUT2D eigenvalue weighted by molar-refractivity contribution is 9.10. The summed E-state index contributed by atoms with van der Waals surface area (Å²) in [5.74, 6) is -5.71. The van der Waals surface area contributed by atoms with E-state index in [1.165, 1.54) is 17.8 Å². The lowest BCUT2D eigenvalue weighted by molar-refractivity contribution is -0.144. The second-order valence-electron chi connectivity index (χ2n) is 4.65. The van der Waals surface area contributed by atoms with Gasteiger partial charge in [-0.2, -0.15) is 13.9 Å². The molecule has 9 heteroatoms. The molecule has 2 heterocycles. The molecule has 1 aliphatic heterocycles. The zero-order valence-corrected chi connectivity index (χ0v) is 12.2. The van der Waals surface area contributed by atoms with Crippen LogP contribution >= 0.6 is 15.9 Å². The van der Waals surface area contributed by atoms with Gasteiger partial charge in [0.15, 0.2) is 5.82 Å². The van der Waals surface area contributed by atoms with Gasteiger partial charge in [-0.15, -0.1) is 0 Å². The Morgan fingerprint density at radius 1 is 1.38 bits per heavy atom. The van der Waals surface area contributed by atoms with Crippen molar-refractivity contribution in [3.05, 3.63) is 22.2 Å². The number of rotatable bonds is 2. The first-order valence-electron chi connectivity index (χ1n) is 5.88. The van der Waals surface area contributed by atoms with Gasteiger partial charge < -0.3 is 0 Å². The van der Waals surface area contributed by atoms with Gasteiger partial charge in [0.25, 0.3) is 6.43 Å². The Morgan fingerprint density at radius 3 is 2.67 bits per heavy atom. The van der Waals surface area contributed by atoms with Gasteiger partial charge in [0.1, 0.15) is 0 Å². The summed E-state index contributed by atoms with van der Waals surface area (Å²) < 4.78 is 55.4. The highest BCUT2D eigenvalue weighted by atomic mass is 79.9. The van der Waals surface area contributed by atoms with Crippen molar-refractivity contribution in [1.29, 1.82) is 0 Å². The third-order valence-corrected chi connectivity index (χ3v) is 3.99. The maximum atomic E-state index is 14.2. The van der Waals surface area contributed by atoms with Crippen molar-refractivity contribution in [3.63, 3.8) is 0 Å². The summed E-state index contributed by atoms with van der Waals surface area (Å²) in [5.41, 5.74) is -0.187. The summed E-state index contributed by atoms with van der Waals surface area (Å²) in [4.78, 5) is 12.2. The average Bonchev–Trinajstić information content (AvgIpc) is 2.72. The summed E-state index contributed by atoms with van der Waals surface area (Å²) in [6.07, 6.45) is -2.93. The monoisotopic (exact) mass is 365 g/mol. The van der Waals surface area contributed by atoms with Crippen molar-refractivity contribution < 1.29 is 22.4 Å². The number of alkyl halides is 4. The number of carbonyl (C=O) groups excluding carboxylic acids is 1. The Balaban J connectivity index is 2.38. The summed E-state index contributed by atoms with van der Waals surface area (Å²) >= 11 is 3.21. The van der Waals surface area contributed by atoms with Gasteiger partial charge in [-0.3, -0.25) is 14.4 Å². The number of halogens is 5.